The van der Waals surface area contributed by atoms with Crippen LogP contribution in [0.4, 0.5) is 5.69 Å². The van der Waals surface area contributed by atoms with Crippen LogP contribution in [0.5, 0.6) is 0 Å². The van der Waals surface area contributed by atoms with Gasteiger partial charge >= 0.3 is 0 Å². The van der Waals surface area contributed by atoms with Crippen molar-refractivity contribution < 1.29 is 9.53 Å². The number of aromatic nitrogens is 4. The first kappa shape index (κ1) is 16.5. The van der Waals surface area contributed by atoms with E-state index in [1.807, 2.05) is 24.3 Å². The normalized spacial score (nSPS) is 16.8. The second-order valence-electron chi connectivity index (χ2n) is 6.12. The lowest BCUT2D eigenvalue weighted by Crippen LogP contribution is -2.47. The van der Waals surface area contributed by atoms with Gasteiger partial charge in [0.15, 0.2) is 5.82 Å². The maximum Gasteiger partial charge on any atom is 0.233 e. The topological polar surface area (TPSA) is 94.0 Å². The summed E-state index contributed by atoms with van der Waals surface area (Å²) < 4.78 is 6.92. The summed E-state index contributed by atoms with van der Waals surface area (Å²) in [5.41, 5.74) is 1.10. The van der Waals surface area contributed by atoms with E-state index < -0.39 is 5.41 Å². The Labute approximate surface area is 140 Å². The van der Waals surface area contributed by atoms with Crippen molar-refractivity contribution >= 4 is 11.6 Å². The highest BCUT2D eigenvalue weighted by Gasteiger charge is 2.39. The van der Waals surface area contributed by atoms with E-state index in [4.69, 9.17) is 4.74 Å². The van der Waals surface area contributed by atoms with Gasteiger partial charge in [-0.1, -0.05) is 12.1 Å². The van der Waals surface area contributed by atoms with Crippen LogP contribution >= 0.6 is 0 Å². The quantitative estimate of drug-likeness (QED) is 0.843. The molecule has 2 heterocycles. The van der Waals surface area contributed by atoms with E-state index >= 15 is 0 Å². The Kier molecular flexibility index (Phi) is 4.86. The number of benzene rings is 1. The van der Waals surface area contributed by atoms with Gasteiger partial charge in [0.05, 0.1) is 12.0 Å². The molecule has 1 amide bonds. The van der Waals surface area contributed by atoms with E-state index in [1.54, 1.807) is 18.8 Å². The number of methoxy groups -OCH3 is 1. The maximum atomic E-state index is 12.9. The molecule has 2 aromatic rings. The minimum atomic E-state index is -0.484. The van der Waals surface area contributed by atoms with Gasteiger partial charge in [0.25, 0.3) is 0 Å². The molecular formula is C16H22N6O2. The zero-order valence-electron chi connectivity index (χ0n) is 14.0. The fourth-order valence-corrected chi connectivity index (χ4v) is 3.09. The van der Waals surface area contributed by atoms with Crippen LogP contribution in [0.25, 0.3) is 11.4 Å². The molecule has 1 aromatic carbocycles. The molecule has 128 valence electrons. The average Bonchev–Trinajstić information content (AvgIpc) is 3.02. The van der Waals surface area contributed by atoms with Gasteiger partial charge in [0, 0.05) is 25.4 Å². The summed E-state index contributed by atoms with van der Waals surface area (Å²) in [5.74, 6) is 0.652. The third-order valence-corrected chi connectivity index (χ3v) is 4.46. The summed E-state index contributed by atoms with van der Waals surface area (Å²) in [4.78, 5) is 12.9. The van der Waals surface area contributed by atoms with Gasteiger partial charge in [-0.3, -0.25) is 4.79 Å². The standard InChI is InChI=1S/C16H22N6O2/c1-22-14(19-20-21-22)12-4-3-5-13(10-12)18-15(23)16(11-24-2)6-8-17-9-7-16/h3-5,10,17H,6-9,11H2,1-2H3,(H,18,23). The fourth-order valence-electron chi connectivity index (χ4n) is 3.09. The Hall–Kier alpha value is -2.32. The minimum Gasteiger partial charge on any atom is -0.384 e. The lowest BCUT2D eigenvalue weighted by molar-refractivity contribution is -0.130. The Bertz CT molecular complexity index is 703. The van der Waals surface area contributed by atoms with Crippen molar-refractivity contribution in [1.29, 1.82) is 0 Å². The second kappa shape index (κ2) is 7.06. The molecule has 0 unspecified atom stereocenters. The molecule has 3 rings (SSSR count). The number of piperidine rings is 1. The van der Waals surface area contributed by atoms with E-state index in [-0.39, 0.29) is 5.91 Å². The lowest BCUT2D eigenvalue weighted by Gasteiger charge is -2.35. The fraction of sp³-hybridized carbons (Fsp3) is 0.500. The minimum absolute atomic E-state index is 0.000842. The number of carbonyl (C=O) groups is 1. The zero-order chi connectivity index (χ0) is 17.0. The Morgan fingerprint density at radius 1 is 1.42 bits per heavy atom. The van der Waals surface area contributed by atoms with E-state index in [2.05, 4.69) is 26.2 Å². The number of hydrogen-bond donors (Lipinski definition) is 2. The summed E-state index contributed by atoms with van der Waals surface area (Å²) in [6.45, 7) is 2.07. The summed E-state index contributed by atoms with van der Waals surface area (Å²) in [6.07, 6.45) is 1.53. The molecule has 0 aliphatic carbocycles. The molecule has 1 aliphatic heterocycles. The maximum absolute atomic E-state index is 12.9. The van der Waals surface area contributed by atoms with Crippen LogP contribution in [-0.2, 0) is 16.6 Å². The monoisotopic (exact) mass is 330 g/mol. The molecule has 1 aromatic heterocycles. The van der Waals surface area contributed by atoms with Gasteiger partial charge in [-0.2, -0.15) is 0 Å². The lowest BCUT2D eigenvalue weighted by atomic mass is 9.78. The molecule has 1 saturated heterocycles. The number of anilines is 1. The molecule has 2 N–H and O–H groups in total. The van der Waals surface area contributed by atoms with Crippen LogP contribution in [0, 0.1) is 5.41 Å². The van der Waals surface area contributed by atoms with Crippen LogP contribution in [0.1, 0.15) is 12.8 Å². The highest BCUT2D eigenvalue weighted by molar-refractivity contribution is 5.96. The Morgan fingerprint density at radius 3 is 2.88 bits per heavy atom. The SMILES string of the molecule is COCC1(C(=O)Nc2cccc(-c3nnnn3C)c2)CCNCC1. The van der Waals surface area contributed by atoms with Crippen LogP contribution in [-0.4, -0.2) is 52.9 Å². The highest BCUT2D eigenvalue weighted by Crippen LogP contribution is 2.31. The van der Waals surface area contributed by atoms with Gasteiger partial charge in [-0.25, -0.2) is 4.68 Å². The summed E-state index contributed by atoms with van der Waals surface area (Å²) >= 11 is 0. The molecule has 0 spiro atoms. The molecule has 1 aliphatic rings. The molecule has 24 heavy (non-hydrogen) atoms. The van der Waals surface area contributed by atoms with E-state index in [9.17, 15) is 4.79 Å². The molecule has 8 nitrogen and oxygen atoms in total. The van der Waals surface area contributed by atoms with Crippen molar-refractivity contribution in [2.45, 2.75) is 12.8 Å². The van der Waals surface area contributed by atoms with E-state index in [0.29, 0.717) is 12.4 Å². The average molecular weight is 330 g/mol. The number of ether oxygens (including phenoxy) is 1. The molecule has 0 atom stereocenters. The van der Waals surface area contributed by atoms with Gasteiger partial charge in [-0.05, 0) is 48.5 Å². The van der Waals surface area contributed by atoms with E-state index in [1.165, 1.54) is 0 Å². The highest BCUT2D eigenvalue weighted by atomic mass is 16.5. The Balaban J connectivity index is 1.80. The summed E-state index contributed by atoms with van der Waals surface area (Å²) in [7, 11) is 3.42. The van der Waals surface area contributed by atoms with Crippen LogP contribution in [0.3, 0.4) is 0 Å². The number of carbonyl (C=O) groups excluding carboxylic acids is 1. The number of aryl methyl sites for hydroxylation is 1. The third-order valence-electron chi connectivity index (χ3n) is 4.46. The predicted octanol–water partition coefficient (Wildman–Crippen LogP) is 0.832. The smallest absolute Gasteiger partial charge is 0.233 e. The van der Waals surface area contributed by atoms with Gasteiger partial charge in [0.1, 0.15) is 0 Å². The predicted molar refractivity (Wildman–Crippen MR) is 89.3 cm³/mol. The number of tetrazole rings is 1. The first-order chi connectivity index (χ1) is 11.6. The number of nitrogens with one attached hydrogen (secondary N) is 2. The number of nitrogens with zero attached hydrogens (tertiary/aromatic N) is 4. The number of rotatable bonds is 5. The summed E-state index contributed by atoms with van der Waals surface area (Å²) in [5, 5.41) is 17.8. The van der Waals surface area contributed by atoms with Crippen molar-refractivity contribution in [2.24, 2.45) is 12.5 Å². The van der Waals surface area contributed by atoms with E-state index in [0.717, 1.165) is 37.2 Å². The van der Waals surface area contributed by atoms with Gasteiger partial charge in [-0.15, -0.1) is 5.10 Å². The van der Waals surface area contributed by atoms with Crippen LogP contribution in [0.2, 0.25) is 0 Å². The van der Waals surface area contributed by atoms with Crippen molar-refractivity contribution in [3.63, 3.8) is 0 Å². The van der Waals surface area contributed by atoms with Crippen molar-refractivity contribution in [2.75, 3.05) is 32.1 Å². The first-order valence-electron chi connectivity index (χ1n) is 7.98. The van der Waals surface area contributed by atoms with Crippen LogP contribution < -0.4 is 10.6 Å². The number of amides is 1. The Morgan fingerprint density at radius 2 is 2.21 bits per heavy atom. The van der Waals surface area contributed by atoms with Crippen LogP contribution in [0.15, 0.2) is 24.3 Å². The molecule has 8 heteroatoms. The molecule has 1 fully saturated rings. The third kappa shape index (κ3) is 3.29. The van der Waals surface area contributed by atoms with Crippen molar-refractivity contribution in [1.82, 2.24) is 25.5 Å². The largest absolute Gasteiger partial charge is 0.384 e. The zero-order valence-corrected chi connectivity index (χ0v) is 14.0. The number of hydrogen-bond acceptors (Lipinski definition) is 6. The van der Waals surface area contributed by atoms with Gasteiger partial charge in [0.2, 0.25) is 5.91 Å². The van der Waals surface area contributed by atoms with Gasteiger partial charge < -0.3 is 15.4 Å². The molecule has 0 radical (unpaired) electrons. The molecule has 0 saturated carbocycles. The second-order valence-corrected chi connectivity index (χ2v) is 6.12. The van der Waals surface area contributed by atoms with Crippen molar-refractivity contribution in [3.05, 3.63) is 24.3 Å². The summed E-state index contributed by atoms with van der Waals surface area (Å²) in [6, 6.07) is 7.54. The van der Waals surface area contributed by atoms with Crippen molar-refractivity contribution in [3.8, 4) is 11.4 Å². The first-order valence-corrected chi connectivity index (χ1v) is 7.98. The molecule has 0 bridgehead atoms. The molecular weight excluding hydrogens is 308 g/mol.